The molecule has 1 saturated heterocycles. The second-order valence-electron chi connectivity index (χ2n) is 6.44. The molecule has 1 N–H and O–H groups in total. The van der Waals surface area contributed by atoms with E-state index in [1.807, 2.05) is 18.2 Å². The first-order valence-electron chi connectivity index (χ1n) is 8.64. The van der Waals surface area contributed by atoms with E-state index in [0.717, 1.165) is 24.9 Å². The van der Waals surface area contributed by atoms with Crippen molar-refractivity contribution in [3.63, 3.8) is 0 Å². The molecular weight excluding hydrogens is 306 g/mol. The van der Waals surface area contributed by atoms with Crippen LogP contribution in [0.2, 0.25) is 0 Å². The van der Waals surface area contributed by atoms with Gasteiger partial charge in [0.15, 0.2) is 0 Å². The largest absolute Gasteiger partial charge is 0.511 e. The molecule has 130 valence electrons. The van der Waals surface area contributed by atoms with E-state index in [9.17, 15) is 9.90 Å². The van der Waals surface area contributed by atoms with E-state index in [2.05, 4.69) is 17.0 Å². The van der Waals surface area contributed by atoms with E-state index in [0.29, 0.717) is 31.9 Å². The standard InChI is InChI=1S/C19H25NO4/c1-2-24-19(22)17-11-20-10-15(18(17)21)8-9-16(20)13-23-12-14-6-4-3-5-7-14/h3-7,15-16,21H,2,8-13H2,1H3/t15-,16+/m0/s1. The second-order valence-corrected chi connectivity index (χ2v) is 6.44. The number of esters is 1. The van der Waals surface area contributed by atoms with Crippen molar-refractivity contribution in [1.82, 2.24) is 4.90 Å². The van der Waals surface area contributed by atoms with Gasteiger partial charge in [-0.05, 0) is 25.3 Å². The molecule has 3 rings (SSSR count). The minimum Gasteiger partial charge on any atom is -0.511 e. The lowest BCUT2D eigenvalue weighted by Gasteiger charge is -2.43. The van der Waals surface area contributed by atoms with Crippen LogP contribution in [0.5, 0.6) is 0 Å². The number of hydrogen-bond donors (Lipinski definition) is 1. The van der Waals surface area contributed by atoms with E-state index < -0.39 is 5.97 Å². The van der Waals surface area contributed by atoms with E-state index in [1.165, 1.54) is 0 Å². The predicted molar refractivity (Wildman–Crippen MR) is 90.5 cm³/mol. The van der Waals surface area contributed by atoms with Crippen LogP contribution in [0.3, 0.4) is 0 Å². The number of nitrogens with zero attached hydrogens (tertiary/aromatic N) is 1. The highest BCUT2D eigenvalue weighted by Crippen LogP contribution is 2.33. The maximum absolute atomic E-state index is 12.0. The Bertz CT molecular complexity index is 599. The zero-order valence-electron chi connectivity index (χ0n) is 14.1. The number of carbonyl (C=O) groups is 1. The van der Waals surface area contributed by atoms with Crippen LogP contribution in [-0.2, 0) is 20.9 Å². The Morgan fingerprint density at radius 2 is 2.08 bits per heavy atom. The third kappa shape index (κ3) is 3.79. The highest BCUT2D eigenvalue weighted by molar-refractivity contribution is 5.89. The first kappa shape index (κ1) is 17.0. The fraction of sp³-hybridized carbons (Fsp3) is 0.526. The van der Waals surface area contributed by atoms with Crippen molar-refractivity contribution in [3.05, 3.63) is 47.2 Å². The quantitative estimate of drug-likeness (QED) is 0.812. The molecule has 2 aliphatic heterocycles. The molecule has 0 spiro atoms. The molecule has 0 radical (unpaired) electrons. The summed E-state index contributed by atoms with van der Waals surface area (Å²) in [5.74, 6) is -0.118. The van der Waals surface area contributed by atoms with Gasteiger partial charge in [0, 0.05) is 25.0 Å². The van der Waals surface area contributed by atoms with Crippen molar-refractivity contribution in [2.45, 2.75) is 32.4 Å². The molecule has 1 aromatic rings. The summed E-state index contributed by atoms with van der Waals surface area (Å²) in [5, 5.41) is 10.3. The minimum atomic E-state index is -0.393. The van der Waals surface area contributed by atoms with E-state index >= 15 is 0 Å². The average Bonchev–Trinajstić information content (AvgIpc) is 2.60. The van der Waals surface area contributed by atoms with Gasteiger partial charge in [-0.3, -0.25) is 4.90 Å². The monoisotopic (exact) mass is 331 g/mol. The second kappa shape index (κ2) is 7.81. The van der Waals surface area contributed by atoms with Crippen molar-refractivity contribution < 1.29 is 19.4 Å². The predicted octanol–water partition coefficient (Wildman–Crippen LogP) is 2.67. The van der Waals surface area contributed by atoms with Crippen LogP contribution in [0.25, 0.3) is 0 Å². The maximum Gasteiger partial charge on any atom is 0.338 e. The molecule has 24 heavy (non-hydrogen) atoms. The number of hydrogen-bond acceptors (Lipinski definition) is 5. The molecule has 1 unspecified atom stereocenters. The molecule has 5 nitrogen and oxygen atoms in total. The van der Waals surface area contributed by atoms with Gasteiger partial charge in [-0.25, -0.2) is 4.79 Å². The number of aliphatic hydroxyl groups excluding tert-OH is 1. The first-order valence-corrected chi connectivity index (χ1v) is 8.64. The van der Waals surface area contributed by atoms with Gasteiger partial charge in [-0.15, -0.1) is 0 Å². The van der Waals surface area contributed by atoms with Gasteiger partial charge in [0.1, 0.15) is 5.76 Å². The lowest BCUT2D eigenvalue weighted by molar-refractivity contribution is -0.139. The summed E-state index contributed by atoms with van der Waals surface area (Å²) in [6, 6.07) is 10.4. The summed E-state index contributed by atoms with van der Waals surface area (Å²) in [6.07, 6.45) is 1.85. The molecule has 3 atom stereocenters. The fourth-order valence-corrected chi connectivity index (χ4v) is 3.51. The summed E-state index contributed by atoms with van der Waals surface area (Å²) < 4.78 is 11.0. The van der Waals surface area contributed by atoms with Crippen molar-refractivity contribution in [3.8, 4) is 0 Å². The molecule has 0 amide bonds. The van der Waals surface area contributed by atoms with Crippen LogP contribution in [0.4, 0.5) is 0 Å². The first-order chi connectivity index (χ1) is 11.7. The Kier molecular flexibility index (Phi) is 5.53. The number of ether oxygens (including phenoxy) is 2. The molecule has 0 aromatic heterocycles. The maximum atomic E-state index is 12.0. The Balaban J connectivity index is 1.58. The fourth-order valence-electron chi connectivity index (χ4n) is 3.51. The van der Waals surface area contributed by atoms with Crippen molar-refractivity contribution in [1.29, 1.82) is 0 Å². The van der Waals surface area contributed by atoms with Crippen LogP contribution < -0.4 is 0 Å². The summed E-state index contributed by atoms with van der Waals surface area (Å²) in [7, 11) is 0. The summed E-state index contributed by atoms with van der Waals surface area (Å²) >= 11 is 0. The summed E-state index contributed by atoms with van der Waals surface area (Å²) in [6.45, 7) is 4.57. The lowest BCUT2D eigenvalue weighted by Crippen LogP contribution is -2.51. The van der Waals surface area contributed by atoms with Crippen molar-refractivity contribution in [2.24, 2.45) is 5.92 Å². The third-order valence-corrected chi connectivity index (χ3v) is 4.82. The van der Waals surface area contributed by atoms with Gasteiger partial charge in [0.2, 0.25) is 0 Å². The highest BCUT2D eigenvalue weighted by Gasteiger charge is 2.38. The average molecular weight is 331 g/mol. The van der Waals surface area contributed by atoms with Crippen molar-refractivity contribution in [2.75, 3.05) is 26.3 Å². The van der Waals surface area contributed by atoms with Crippen LogP contribution in [-0.4, -0.2) is 48.3 Å². The molecule has 2 heterocycles. The number of aliphatic hydroxyl groups is 1. The molecule has 0 aliphatic carbocycles. The van der Waals surface area contributed by atoms with Crippen molar-refractivity contribution >= 4 is 5.97 Å². The van der Waals surface area contributed by atoms with Gasteiger partial charge >= 0.3 is 5.97 Å². The number of fused-ring (bicyclic) bond motifs is 2. The summed E-state index contributed by atoms with van der Waals surface area (Å²) in [5.41, 5.74) is 1.58. The zero-order chi connectivity index (χ0) is 16.9. The number of benzene rings is 1. The zero-order valence-corrected chi connectivity index (χ0v) is 14.1. The van der Waals surface area contributed by atoms with Crippen LogP contribution in [0.15, 0.2) is 41.7 Å². The Hall–Kier alpha value is -1.85. The van der Waals surface area contributed by atoms with Gasteiger partial charge in [0.05, 0.1) is 25.4 Å². The molecule has 1 fully saturated rings. The molecular formula is C19H25NO4. The minimum absolute atomic E-state index is 0.0449. The molecule has 2 bridgehead atoms. The number of carbonyl (C=O) groups excluding carboxylic acids is 1. The Labute approximate surface area is 142 Å². The Morgan fingerprint density at radius 3 is 2.83 bits per heavy atom. The van der Waals surface area contributed by atoms with Crippen LogP contribution in [0.1, 0.15) is 25.3 Å². The smallest absolute Gasteiger partial charge is 0.338 e. The van der Waals surface area contributed by atoms with Gasteiger partial charge in [-0.1, -0.05) is 30.3 Å². The molecule has 1 aromatic carbocycles. The number of piperidine rings is 1. The van der Waals surface area contributed by atoms with E-state index in [-0.39, 0.29) is 17.7 Å². The topological polar surface area (TPSA) is 59.0 Å². The third-order valence-electron chi connectivity index (χ3n) is 4.82. The van der Waals surface area contributed by atoms with E-state index in [4.69, 9.17) is 9.47 Å². The van der Waals surface area contributed by atoms with Gasteiger partial charge in [-0.2, -0.15) is 0 Å². The van der Waals surface area contributed by atoms with Crippen LogP contribution in [0, 0.1) is 5.92 Å². The van der Waals surface area contributed by atoms with Crippen LogP contribution >= 0.6 is 0 Å². The van der Waals surface area contributed by atoms with E-state index in [1.54, 1.807) is 6.92 Å². The molecule has 0 saturated carbocycles. The molecule has 2 aliphatic rings. The van der Waals surface area contributed by atoms with Gasteiger partial charge < -0.3 is 14.6 Å². The summed E-state index contributed by atoms with van der Waals surface area (Å²) in [4.78, 5) is 14.3. The highest BCUT2D eigenvalue weighted by atomic mass is 16.5. The number of rotatable bonds is 6. The van der Waals surface area contributed by atoms with Gasteiger partial charge in [0.25, 0.3) is 0 Å². The SMILES string of the molecule is CCOC(=O)C1=C(O)[C@H]2CC[C@H](COCc3ccccc3)N(C1)C2. The normalized spacial score (nSPS) is 26.3. The Morgan fingerprint density at radius 1 is 1.29 bits per heavy atom. The molecule has 5 heteroatoms. The lowest BCUT2D eigenvalue weighted by atomic mass is 9.85.